The van der Waals surface area contributed by atoms with E-state index in [1.165, 1.54) is 0 Å². The molecule has 3 aromatic rings. The maximum absolute atomic E-state index is 13.0. The van der Waals surface area contributed by atoms with E-state index in [9.17, 15) is 9.59 Å². The largest absolute Gasteiger partial charge is 0.338 e. The number of rotatable bonds is 5. The molecule has 2 aromatic heterocycles. The number of amides is 1. The normalized spacial score (nSPS) is 14.4. The molecule has 0 unspecified atom stereocenters. The van der Waals surface area contributed by atoms with E-state index in [1.807, 2.05) is 27.8 Å². The van der Waals surface area contributed by atoms with E-state index < -0.39 is 0 Å². The Balaban J connectivity index is 1.52. The summed E-state index contributed by atoms with van der Waals surface area (Å²) < 4.78 is 1.94. The number of benzene rings is 1. The minimum Gasteiger partial charge on any atom is -0.338 e. The van der Waals surface area contributed by atoms with E-state index in [4.69, 9.17) is 0 Å². The first-order chi connectivity index (χ1) is 14.1. The van der Waals surface area contributed by atoms with Gasteiger partial charge in [0.2, 0.25) is 11.9 Å². The number of hydrogen-bond donors (Lipinski definition) is 0. The molecule has 0 spiro atoms. The highest BCUT2D eigenvalue weighted by atomic mass is 16.2. The lowest BCUT2D eigenvalue weighted by molar-refractivity contribution is -0.132. The standard InChI is InChI=1S/C22H25N5O2/c1-3-17-6-4-7-18-19(16(2)28)14-27(21(17)18)15-20(29)25-10-12-26(13-11-25)22-23-8-5-9-24-22/h4-9,14H,3,10-13,15H2,1-2H3. The highest BCUT2D eigenvalue weighted by molar-refractivity contribution is 6.07. The Hall–Kier alpha value is -3.22. The van der Waals surface area contributed by atoms with E-state index in [0.717, 1.165) is 22.9 Å². The first-order valence-corrected chi connectivity index (χ1v) is 10.00. The molecule has 7 heteroatoms. The Morgan fingerprint density at radius 1 is 1.03 bits per heavy atom. The average Bonchev–Trinajstić information content (AvgIpc) is 3.13. The van der Waals surface area contributed by atoms with E-state index in [-0.39, 0.29) is 18.2 Å². The molecule has 1 amide bonds. The summed E-state index contributed by atoms with van der Waals surface area (Å²) >= 11 is 0. The van der Waals surface area contributed by atoms with Crippen LogP contribution in [0, 0.1) is 0 Å². The maximum Gasteiger partial charge on any atom is 0.242 e. The van der Waals surface area contributed by atoms with Crippen molar-refractivity contribution in [2.45, 2.75) is 26.8 Å². The van der Waals surface area contributed by atoms with Crippen molar-refractivity contribution in [1.29, 1.82) is 0 Å². The number of ketones is 1. The fraction of sp³-hybridized carbons (Fsp3) is 0.364. The Morgan fingerprint density at radius 3 is 2.41 bits per heavy atom. The first kappa shape index (κ1) is 19.1. The number of Topliss-reactive ketones (excluding diaryl/α,β-unsaturated/α-hetero) is 1. The highest BCUT2D eigenvalue weighted by Crippen LogP contribution is 2.26. The fourth-order valence-corrected chi connectivity index (χ4v) is 3.98. The number of aryl methyl sites for hydroxylation is 1. The molecule has 1 saturated heterocycles. The van der Waals surface area contributed by atoms with Crippen molar-refractivity contribution < 1.29 is 9.59 Å². The summed E-state index contributed by atoms with van der Waals surface area (Å²) in [6, 6.07) is 7.80. The van der Waals surface area contributed by atoms with Crippen molar-refractivity contribution >= 4 is 28.5 Å². The second kappa shape index (κ2) is 8.03. The van der Waals surface area contributed by atoms with E-state index in [0.29, 0.717) is 37.7 Å². The molecule has 0 atom stereocenters. The van der Waals surface area contributed by atoms with Gasteiger partial charge in [0.25, 0.3) is 0 Å². The lowest BCUT2D eigenvalue weighted by Crippen LogP contribution is -2.50. The lowest BCUT2D eigenvalue weighted by Gasteiger charge is -2.34. The van der Waals surface area contributed by atoms with Crippen LogP contribution in [-0.2, 0) is 17.8 Å². The molecule has 0 aliphatic carbocycles. The molecule has 3 heterocycles. The Morgan fingerprint density at radius 2 is 1.76 bits per heavy atom. The summed E-state index contributed by atoms with van der Waals surface area (Å²) in [6.45, 7) is 6.59. The number of piperazine rings is 1. The third-order valence-electron chi connectivity index (χ3n) is 5.52. The number of para-hydroxylation sites is 1. The topological polar surface area (TPSA) is 71.3 Å². The minimum atomic E-state index is 0.0194. The lowest BCUT2D eigenvalue weighted by atomic mass is 10.1. The van der Waals surface area contributed by atoms with Crippen LogP contribution in [0.5, 0.6) is 0 Å². The van der Waals surface area contributed by atoms with Crippen LogP contribution in [0.2, 0.25) is 0 Å². The maximum atomic E-state index is 13.0. The molecule has 0 bridgehead atoms. The van der Waals surface area contributed by atoms with Crippen molar-refractivity contribution in [2.75, 3.05) is 31.1 Å². The van der Waals surface area contributed by atoms with Gasteiger partial charge < -0.3 is 14.4 Å². The van der Waals surface area contributed by atoms with Crippen LogP contribution in [0.1, 0.15) is 29.8 Å². The number of aromatic nitrogens is 3. The van der Waals surface area contributed by atoms with Gasteiger partial charge in [-0.1, -0.05) is 25.1 Å². The summed E-state index contributed by atoms with van der Waals surface area (Å²) in [7, 11) is 0. The number of anilines is 1. The van der Waals surface area contributed by atoms with Crippen LogP contribution in [0.4, 0.5) is 5.95 Å². The van der Waals surface area contributed by atoms with Crippen LogP contribution in [0.3, 0.4) is 0 Å². The molecule has 150 valence electrons. The Kier molecular flexibility index (Phi) is 5.29. The molecule has 4 rings (SSSR count). The SMILES string of the molecule is CCc1cccc2c(C(C)=O)cn(CC(=O)N3CCN(c4ncccn4)CC3)c12. The molecule has 1 fully saturated rings. The fourth-order valence-electron chi connectivity index (χ4n) is 3.98. The van der Waals surface area contributed by atoms with Gasteiger partial charge in [0.15, 0.2) is 5.78 Å². The zero-order valence-electron chi connectivity index (χ0n) is 16.8. The minimum absolute atomic E-state index is 0.0194. The number of carbonyl (C=O) groups excluding carboxylic acids is 2. The quantitative estimate of drug-likeness (QED) is 0.625. The van der Waals surface area contributed by atoms with Gasteiger partial charge in [0.05, 0.1) is 5.52 Å². The van der Waals surface area contributed by atoms with Gasteiger partial charge in [-0.3, -0.25) is 9.59 Å². The summed E-state index contributed by atoms with van der Waals surface area (Å²) in [5.41, 5.74) is 2.81. The third-order valence-corrected chi connectivity index (χ3v) is 5.52. The zero-order chi connectivity index (χ0) is 20.4. The molecule has 7 nitrogen and oxygen atoms in total. The second-order valence-corrected chi connectivity index (χ2v) is 7.31. The number of carbonyl (C=O) groups is 2. The highest BCUT2D eigenvalue weighted by Gasteiger charge is 2.24. The van der Waals surface area contributed by atoms with Gasteiger partial charge in [-0.15, -0.1) is 0 Å². The molecule has 1 aliphatic rings. The molecular weight excluding hydrogens is 366 g/mol. The van der Waals surface area contributed by atoms with Crippen LogP contribution in [-0.4, -0.2) is 57.3 Å². The third kappa shape index (κ3) is 3.72. The van der Waals surface area contributed by atoms with Crippen LogP contribution in [0.15, 0.2) is 42.9 Å². The van der Waals surface area contributed by atoms with Crippen LogP contribution in [0.25, 0.3) is 10.9 Å². The van der Waals surface area contributed by atoms with Crippen molar-refractivity contribution in [3.63, 3.8) is 0 Å². The summed E-state index contributed by atoms with van der Waals surface area (Å²) in [5.74, 6) is 0.789. The van der Waals surface area contributed by atoms with Crippen LogP contribution < -0.4 is 4.90 Å². The van der Waals surface area contributed by atoms with E-state index in [1.54, 1.807) is 25.4 Å². The zero-order valence-corrected chi connectivity index (χ0v) is 16.8. The van der Waals surface area contributed by atoms with E-state index in [2.05, 4.69) is 27.9 Å². The predicted octanol–water partition coefficient (Wildman–Crippen LogP) is 2.55. The Bertz CT molecular complexity index is 1040. The molecule has 1 aromatic carbocycles. The van der Waals surface area contributed by atoms with Crippen molar-refractivity contribution in [1.82, 2.24) is 19.4 Å². The van der Waals surface area contributed by atoms with Crippen molar-refractivity contribution in [3.8, 4) is 0 Å². The molecule has 0 radical (unpaired) electrons. The van der Waals surface area contributed by atoms with Gasteiger partial charge in [0, 0.05) is 55.7 Å². The first-order valence-electron chi connectivity index (χ1n) is 10.00. The smallest absolute Gasteiger partial charge is 0.242 e. The van der Waals surface area contributed by atoms with Gasteiger partial charge >= 0.3 is 0 Å². The molecular formula is C22H25N5O2. The van der Waals surface area contributed by atoms with Crippen LogP contribution >= 0.6 is 0 Å². The number of hydrogen-bond acceptors (Lipinski definition) is 5. The summed E-state index contributed by atoms with van der Waals surface area (Å²) in [6.07, 6.45) is 6.14. The second-order valence-electron chi connectivity index (χ2n) is 7.31. The average molecular weight is 391 g/mol. The Labute approximate surface area is 170 Å². The summed E-state index contributed by atoms with van der Waals surface area (Å²) in [4.78, 5) is 37.7. The molecule has 0 N–H and O–H groups in total. The number of nitrogens with zero attached hydrogens (tertiary/aromatic N) is 5. The monoisotopic (exact) mass is 391 g/mol. The predicted molar refractivity (Wildman–Crippen MR) is 112 cm³/mol. The van der Waals surface area contributed by atoms with Gasteiger partial charge in [-0.2, -0.15) is 0 Å². The molecule has 0 saturated carbocycles. The number of fused-ring (bicyclic) bond motifs is 1. The van der Waals surface area contributed by atoms with Gasteiger partial charge in [0.1, 0.15) is 6.54 Å². The molecule has 1 aliphatic heterocycles. The van der Waals surface area contributed by atoms with Gasteiger partial charge in [-0.25, -0.2) is 9.97 Å². The van der Waals surface area contributed by atoms with Gasteiger partial charge in [-0.05, 0) is 25.0 Å². The van der Waals surface area contributed by atoms with Crippen molar-refractivity contribution in [3.05, 3.63) is 54.0 Å². The van der Waals surface area contributed by atoms with Crippen molar-refractivity contribution in [2.24, 2.45) is 0 Å². The molecule has 29 heavy (non-hydrogen) atoms. The van der Waals surface area contributed by atoms with E-state index >= 15 is 0 Å². The summed E-state index contributed by atoms with van der Waals surface area (Å²) in [5, 5.41) is 0.927.